The van der Waals surface area contributed by atoms with Crippen LogP contribution in [0.4, 0.5) is 9.93 Å². The van der Waals surface area contributed by atoms with E-state index in [2.05, 4.69) is 20.8 Å². The molecule has 1 aromatic heterocycles. The predicted molar refractivity (Wildman–Crippen MR) is 78.1 cm³/mol. The van der Waals surface area contributed by atoms with Crippen molar-refractivity contribution in [2.75, 3.05) is 11.9 Å². The monoisotopic (exact) mass is 292 g/mol. The molecule has 0 aliphatic rings. The fraction of sp³-hybridized carbons (Fsp3) is 0.308. The molecule has 2 aromatic rings. The number of carbonyl (C=O) groups is 1. The Bertz CT molecular complexity index is 542. The number of urea groups is 1. The topological polar surface area (TPSA) is 76.1 Å². The molecular weight excluding hydrogens is 276 g/mol. The van der Waals surface area contributed by atoms with Crippen molar-refractivity contribution >= 4 is 22.5 Å². The summed E-state index contributed by atoms with van der Waals surface area (Å²) in [5.74, 6) is 0.821. The van der Waals surface area contributed by atoms with Gasteiger partial charge < -0.3 is 10.1 Å². The lowest BCUT2D eigenvalue weighted by atomic mass is 10.1. The first-order valence-electron chi connectivity index (χ1n) is 6.25. The van der Waals surface area contributed by atoms with E-state index in [-0.39, 0.29) is 12.1 Å². The van der Waals surface area contributed by atoms with Gasteiger partial charge >= 0.3 is 6.03 Å². The molecule has 2 rings (SSSR count). The van der Waals surface area contributed by atoms with Crippen molar-refractivity contribution in [1.29, 1.82) is 0 Å². The summed E-state index contributed by atoms with van der Waals surface area (Å²) in [4.78, 5) is 11.8. The van der Waals surface area contributed by atoms with Crippen molar-refractivity contribution in [1.82, 2.24) is 15.5 Å². The Balaban J connectivity index is 1.90. The highest BCUT2D eigenvalue weighted by molar-refractivity contribution is 7.13. The van der Waals surface area contributed by atoms with Crippen LogP contribution in [0.5, 0.6) is 5.75 Å². The smallest absolute Gasteiger partial charge is 0.321 e. The minimum Gasteiger partial charge on any atom is -0.494 e. The lowest BCUT2D eigenvalue weighted by Gasteiger charge is -2.14. The summed E-state index contributed by atoms with van der Waals surface area (Å²) in [6.07, 6.45) is 0. The Morgan fingerprint density at radius 2 is 2.15 bits per heavy atom. The highest BCUT2D eigenvalue weighted by Crippen LogP contribution is 2.18. The molecule has 0 aliphatic heterocycles. The van der Waals surface area contributed by atoms with Crippen LogP contribution in [0.3, 0.4) is 0 Å². The first-order valence-corrected chi connectivity index (χ1v) is 7.13. The molecule has 2 amide bonds. The molecule has 0 aliphatic carbocycles. The summed E-state index contributed by atoms with van der Waals surface area (Å²) < 4.78 is 5.38. The standard InChI is InChI=1S/C13H16N4O2S/c1-3-19-11-6-4-10(5-7-11)9(2)15-12(18)16-13-17-14-8-20-13/h4-9H,3H2,1-2H3,(H2,15,16,17,18). The molecule has 1 aromatic carbocycles. The van der Waals surface area contributed by atoms with Gasteiger partial charge in [0.1, 0.15) is 11.3 Å². The van der Waals surface area contributed by atoms with Crippen molar-refractivity contribution in [3.05, 3.63) is 35.3 Å². The third-order valence-corrected chi connectivity index (χ3v) is 3.23. The molecule has 106 valence electrons. The highest BCUT2D eigenvalue weighted by atomic mass is 32.1. The van der Waals surface area contributed by atoms with E-state index in [0.29, 0.717) is 11.7 Å². The molecule has 1 unspecified atom stereocenters. The number of nitrogens with one attached hydrogen (secondary N) is 2. The Morgan fingerprint density at radius 3 is 2.75 bits per heavy atom. The zero-order valence-electron chi connectivity index (χ0n) is 11.3. The fourth-order valence-electron chi connectivity index (χ4n) is 1.66. The summed E-state index contributed by atoms with van der Waals surface area (Å²) in [7, 11) is 0. The van der Waals surface area contributed by atoms with Crippen LogP contribution in [0, 0.1) is 0 Å². The number of nitrogens with zero attached hydrogens (tertiary/aromatic N) is 2. The van der Waals surface area contributed by atoms with E-state index in [4.69, 9.17) is 4.74 Å². The second kappa shape index (κ2) is 6.85. The SMILES string of the molecule is CCOc1ccc(C(C)NC(=O)Nc2nncs2)cc1. The second-order valence-electron chi connectivity index (χ2n) is 4.07. The second-order valence-corrected chi connectivity index (χ2v) is 4.90. The molecule has 0 spiro atoms. The zero-order valence-corrected chi connectivity index (χ0v) is 12.1. The molecular formula is C13H16N4O2S. The Kier molecular flexibility index (Phi) is 4.89. The average molecular weight is 292 g/mol. The summed E-state index contributed by atoms with van der Waals surface area (Å²) >= 11 is 1.27. The first-order chi connectivity index (χ1) is 9.69. The number of carbonyl (C=O) groups excluding carboxylic acids is 1. The average Bonchev–Trinajstić information content (AvgIpc) is 2.92. The lowest BCUT2D eigenvalue weighted by Crippen LogP contribution is -2.31. The Morgan fingerprint density at radius 1 is 1.40 bits per heavy atom. The lowest BCUT2D eigenvalue weighted by molar-refractivity contribution is 0.249. The van der Waals surface area contributed by atoms with Crippen LogP contribution >= 0.6 is 11.3 Å². The Labute approximate surface area is 121 Å². The van der Waals surface area contributed by atoms with Crippen molar-refractivity contribution in [2.45, 2.75) is 19.9 Å². The summed E-state index contributed by atoms with van der Waals surface area (Å²) in [5, 5.41) is 13.3. The number of anilines is 1. The third-order valence-electron chi connectivity index (χ3n) is 2.62. The van der Waals surface area contributed by atoms with Gasteiger partial charge in [0.05, 0.1) is 12.6 Å². The molecule has 2 N–H and O–H groups in total. The van der Waals surface area contributed by atoms with Gasteiger partial charge in [0, 0.05) is 0 Å². The number of benzene rings is 1. The van der Waals surface area contributed by atoms with Gasteiger partial charge in [0.2, 0.25) is 5.13 Å². The molecule has 6 nitrogen and oxygen atoms in total. The number of hydrogen-bond donors (Lipinski definition) is 2. The van der Waals surface area contributed by atoms with E-state index in [0.717, 1.165) is 11.3 Å². The summed E-state index contributed by atoms with van der Waals surface area (Å²) in [5.41, 5.74) is 2.56. The van der Waals surface area contributed by atoms with Crippen LogP contribution in [-0.4, -0.2) is 22.8 Å². The molecule has 0 radical (unpaired) electrons. The van der Waals surface area contributed by atoms with E-state index in [1.54, 1.807) is 5.51 Å². The van der Waals surface area contributed by atoms with E-state index in [1.807, 2.05) is 38.1 Å². The van der Waals surface area contributed by atoms with Gasteiger partial charge in [-0.15, -0.1) is 10.2 Å². The van der Waals surface area contributed by atoms with Crippen LogP contribution < -0.4 is 15.4 Å². The maximum absolute atomic E-state index is 11.8. The van der Waals surface area contributed by atoms with E-state index in [1.165, 1.54) is 11.3 Å². The van der Waals surface area contributed by atoms with Crippen molar-refractivity contribution in [3.8, 4) is 5.75 Å². The van der Waals surface area contributed by atoms with Crippen molar-refractivity contribution in [3.63, 3.8) is 0 Å². The normalized spacial score (nSPS) is 11.7. The molecule has 1 heterocycles. The number of amides is 2. The minimum atomic E-state index is -0.303. The summed E-state index contributed by atoms with van der Waals surface area (Å²) in [6, 6.07) is 7.22. The molecule has 0 saturated carbocycles. The number of ether oxygens (including phenoxy) is 1. The molecule has 7 heteroatoms. The fourth-order valence-corrected chi connectivity index (χ4v) is 2.10. The minimum absolute atomic E-state index is 0.112. The van der Waals surface area contributed by atoms with Gasteiger partial charge in [-0.1, -0.05) is 23.5 Å². The molecule has 0 bridgehead atoms. The summed E-state index contributed by atoms with van der Waals surface area (Å²) in [6.45, 7) is 4.49. The van der Waals surface area contributed by atoms with Crippen LogP contribution in [-0.2, 0) is 0 Å². The van der Waals surface area contributed by atoms with Crippen molar-refractivity contribution < 1.29 is 9.53 Å². The van der Waals surface area contributed by atoms with Gasteiger partial charge in [-0.25, -0.2) is 4.79 Å². The molecule has 1 atom stereocenters. The maximum Gasteiger partial charge on any atom is 0.321 e. The van der Waals surface area contributed by atoms with Crippen LogP contribution in [0.2, 0.25) is 0 Å². The number of aromatic nitrogens is 2. The molecule has 20 heavy (non-hydrogen) atoms. The predicted octanol–water partition coefficient (Wildman–Crippen LogP) is 2.82. The van der Waals surface area contributed by atoms with Gasteiger partial charge in [-0.2, -0.15) is 0 Å². The van der Waals surface area contributed by atoms with Gasteiger partial charge in [-0.05, 0) is 31.5 Å². The van der Waals surface area contributed by atoms with E-state index in [9.17, 15) is 4.79 Å². The largest absolute Gasteiger partial charge is 0.494 e. The number of rotatable bonds is 5. The van der Waals surface area contributed by atoms with Crippen LogP contribution in [0.1, 0.15) is 25.5 Å². The van der Waals surface area contributed by atoms with Crippen LogP contribution in [0.15, 0.2) is 29.8 Å². The molecule has 0 fully saturated rings. The maximum atomic E-state index is 11.8. The third kappa shape index (κ3) is 3.92. The van der Waals surface area contributed by atoms with Crippen LogP contribution in [0.25, 0.3) is 0 Å². The number of hydrogen-bond acceptors (Lipinski definition) is 5. The van der Waals surface area contributed by atoms with E-state index >= 15 is 0 Å². The first kappa shape index (κ1) is 14.3. The zero-order chi connectivity index (χ0) is 14.4. The van der Waals surface area contributed by atoms with Crippen molar-refractivity contribution in [2.24, 2.45) is 0 Å². The highest BCUT2D eigenvalue weighted by Gasteiger charge is 2.10. The van der Waals surface area contributed by atoms with Gasteiger partial charge in [-0.3, -0.25) is 5.32 Å². The van der Waals surface area contributed by atoms with Gasteiger partial charge in [0.25, 0.3) is 0 Å². The van der Waals surface area contributed by atoms with Gasteiger partial charge in [0.15, 0.2) is 0 Å². The Hall–Kier alpha value is -2.15. The molecule has 0 saturated heterocycles. The van der Waals surface area contributed by atoms with E-state index < -0.39 is 0 Å². The quantitative estimate of drug-likeness (QED) is 0.888.